The fourth-order valence-electron chi connectivity index (χ4n) is 2.61. The Hall–Kier alpha value is -3.40. The van der Waals surface area contributed by atoms with E-state index in [1.807, 2.05) is 54.6 Å². The number of hydrogen-bond donors (Lipinski definition) is 2. The fourth-order valence-corrected chi connectivity index (χ4v) is 2.61. The van der Waals surface area contributed by atoms with Crippen LogP contribution in [-0.4, -0.2) is 22.0 Å². The highest BCUT2D eigenvalue weighted by Gasteiger charge is 2.14. The largest absolute Gasteiger partial charge is 0.507 e. The lowest BCUT2D eigenvalue weighted by atomic mass is 9.98. The quantitative estimate of drug-likeness (QED) is 0.687. The summed E-state index contributed by atoms with van der Waals surface area (Å²) in [6.45, 7) is 0. The van der Waals surface area contributed by atoms with Crippen molar-refractivity contribution in [3.8, 4) is 16.9 Å². The molecule has 0 saturated heterocycles. The van der Waals surface area contributed by atoms with Crippen molar-refractivity contribution in [2.75, 3.05) is 0 Å². The van der Waals surface area contributed by atoms with Crippen LogP contribution in [0.15, 0.2) is 72.8 Å². The third-order valence-corrected chi connectivity index (χ3v) is 3.97. The van der Waals surface area contributed by atoms with Gasteiger partial charge in [0.2, 0.25) is 0 Å². The summed E-state index contributed by atoms with van der Waals surface area (Å²) in [6.07, 6.45) is 0.166. The van der Waals surface area contributed by atoms with Gasteiger partial charge in [0.15, 0.2) is 5.78 Å². The Labute approximate surface area is 145 Å². The van der Waals surface area contributed by atoms with Crippen LogP contribution in [0.25, 0.3) is 11.1 Å². The molecule has 2 N–H and O–H groups in total. The average molecular weight is 332 g/mol. The van der Waals surface area contributed by atoms with E-state index in [1.165, 1.54) is 18.2 Å². The number of carboxylic acids is 1. The van der Waals surface area contributed by atoms with Gasteiger partial charge < -0.3 is 10.2 Å². The summed E-state index contributed by atoms with van der Waals surface area (Å²) in [5.74, 6) is -1.81. The van der Waals surface area contributed by atoms with E-state index < -0.39 is 5.97 Å². The van der Waals surface area contributed by atoms with E-state index in [0.29, 0.717) is 0 Å². The number of ketones is 1. The van der Waals surface area contributed by atoms with Crippen molar-refractivity contribution in [3.05, 3.63) is 89.5 Å². The topological polar surface area (TPSA) is 74.6 Å². The molecule has 4 heteroatoms. The molecule has 3 aromatic carbocycles. The van der Waals surface area contributed by atoms with Gasteiger partial charge in [-0.15, -0.1) is 0 Å². The van der Waals surface area contributed by atoms with Crippen LogP contribution in [0.1, 0.15) is 26.3 Å². The van der Waals surface area contributed by atoms with Crippen molar-refractivity contribution in [2.45, 2.75) is 6.42 Å². The Kier molecular flexibility index (Phi) is 4.61. The minimum Gasteiger partial charge on any atom is -0.507 e. The number of phenols is 1. The number of carbonyl (C=O) groups is 2. The first kappa shape index (κ1) is 16.5. The summed E-state index contributed by atoms with van der Waals surface area (Å²) in [7, 11) is 0. The lowest BCUT2D eigenvalue weighted by Crippen LogP contribution is -2.06. The molecule has 0 radical (unpaired) electrons. The van der Waals surface area contributed by atoms with E-state index >= 15 is 0 Å². The number of benzene rings is 3. The Balaban J connectivity index is 1.77. The predicted octanol–water partition coefficient (Wildman–Crippen LogP) is 4.18. The zero-order valence-electron chi connectivity index (χ0n) is 13.3. The maximum absolute atomic E-state index is 12.4. The minimum atomic E-state index is -1.26. The molecule has 3 rings (SSSR count). The maximum Gasteiger partial charge on any atom is 0.339 e. The summed E-state index contributed by atoms with van der Waals surface area (Å²) in [5.41, 5.74) is 3.00. The van der Waals surface area contributed by atoms with Gasteiger partial charge in [0.05, 0.1) is 0 Å². The summed E-state index contributed by atoms with van der Waals surface area (Å²) < 4.78 is 0. The smallest absolute Gasteiger partial charge is 0.339 e. The van der Waals surface area contributed by atoms with Crippen molar-refractivity contribution in [1.29, 1.82) is 0 Å². The van der Waals surface area contributed by atoms with Crippen molar-refractivity contribution >= 4 is 11.8 Å². The van der Waals surface area contributed by atoms with E-state index in [2.05, 4.69) is 0 Å². The first-order chi connectivity index (χ1) is 12.0. The van der Waals surface area contributed by atoms with E-state index in [4.69, 9.17) is 5.11 Å². The van der Waals surface area contributed by atoms with Gasteiger partial charge in [0.1, 0.15) is 11.3 Å². The summed E-state index contributed by atoms with van der Waals surface area (Å²) in [5, 5.41) is 18.6. The summed E-state index contributed by atoms with van der Waals surface area (Å²) in [6, 6.07) is 21.5. The molecular formula is C21H16O4. The molecule has 0 atom stereocenters. The Morgan fingerprint density at radius 3 is 2.08 bits per heavy atom. The number of carbonyl (C=O) groups excluding carboxylic acids is 1. The highest BCUT2D eigenvalue weighted by molar-refractivity contribution is 6.00. The third kappa shape index (κ3) is 3.75. The van der Waals surface area contributed by atoms with Crippen LogP contribution < -0.4 is 0 Å². The van der Waals surface area contributed by atoms with Gasteiger partial charge in [-0.2, -0.15) is 0 Å². The molecule has 124 valence electrons. The monoisotopic (exact) mass is 332 g/mol. The van der Waals surface area contributed by atoms with Gasteiger partial charge >= 0.3 is 5.97 Å². The van der Waals surface area contributed by atoms with Gasteiger partial charge in [0, 0.05) is 12.0 Å². The van der Waals surface area contributed by atoms with Crippen LogP contribution in [-0.2, 0) is 6.42 Å². The fraction of sp³-hybridized carbons (Fsp3) is 0.0476. The summed E-state index contributed by atoms with van der Waals surface area (Å²) >= 11 is 0. The lowest BCUT2D eigenvalue weighted by Gasteiger charge is -2.06. The zero-order valence-corrected chi connectivity index (χ0v) is 13.3. The third-order valence-electron chi connectivity index (χ3n) is 3.97. The number of carboxylic acid groups (broad SMARTS) is 1. The van der Waals surface area contributed by atoms with Crippen molar-refractivity contribution in [3.63, 3.8) is 0 Å². The molecule has 0 unspecified atom stereocenters. The molecule has 0 aliphatic heterocycles. The van der Waals surface area contributed by atoms with Crippen LogP contribution in [0.5, 0.6) is 5.75 Å². The van der Waals surface area contributed by atoms with Crippen LogP contribution in [0.2, 0.25) is 0 Å². The van der Waals surface area contributed by atoms with Gasteiger partial charge in [-0.1, -0.05) is 54.6 Å². The molecule has 0 aliphatic carbocycles. The minimum absolute atomic E-state index is 0.166. The van der Waals surface area contributed by atoms with E-state index in [9.17, 15) is 14.7 Å². The molecule has 0 aromatic heterocycles. The number of hydrogen-bond acceptors (Lipinski definition) is 3. The average Bonchev–Trinajstić information content (AvgIpc) is 2.63. The molecule has 0 amide bonds. The Bertz CT molecular complexity index is 912. The second-order valence-corrected chi connectivity index (χ2v) is 5.70. The van der Waals surface area contributed by atoms with Gasteiger partial charge in [-0.3, -0.25) is 4.79 Å². The number of rotatable bonds is 5. The second kappa shape index (κ2) is 7.01. The number of Topliss-reactive ketones (excluding diaryl/α,β-unsaturated/α-hetero) is 1. The maximum atomic E-state index is 12.4. The van der Waals surface area contributed by atoms with E-state index in [-0.39, 0.29) is 29.1 Å². The molecule has 0 bridgehead atoms. The predicted molar refractivity (Wildman–Crippen MR) is 95.0 cm³/mol. The number of aromatic hydroxyl groups is 1. The van der Waals surface area contributed by atoms with E-state index in [0.717, 1.165) is 16.7 Å². The van der Waals surface area contributed by atoms with E-state index in [1.54, 1.807) is 0 Å². The zero-order chi connectivity index (χ0) is 17.8. The Morgan fingerprint density at radius 1 is 0.800 bits per heavy atom. The molecule has 3 aromatic rings. The molecule has 0 saturated carbocycles. The van der Waals surface area contributed by atoms with Gasteiger partial charge in [-0.25, -0.2) is 4.79 Å². The van der Waals surface area contributed by atoms with Gasteiger partial charge in [0.25, 0.3) is 0 Å². The molecule has 25 heavy (non-hydrogen) atoms. The molecule has 0 fully saturated rings. The van der Waals surface area contributed by atoms with Crippen LogP contribution in [0.4, 0.5) is 0 Å². The van der Waals surface area contributed by atoms with Crippen LogP contribution in [0, 0.1) is 0 Å². The molecule has 0 spiro atoms. The van der Waals surface area contributed by atoms with Crippen molar-refractivity contribution in [1.82, 2.24) is 0 Å². The second-order valence-electron chi connectivity index (χ2n) is 5.70. The Morgan fingerprint density at radius 2 is 1.44 bits per heavy atom. The molecule has 0 heterocycles. The lowest BCUT2D eigenvalue weighted by molar-refractivity contribution is 0.0693. The van der Waals surface area contributed by atoms with Crippen LogP contribution >= 0.6 is 0 Å². The number of aromatic carboxylic acids is 1. The highest BCUT2D eigenvalue weighted by Crippen LogP contribution is 2.22. The summed E-state index contributed by atoms with van der Waals surface area (Å²) in [4.78, 5) is 23.4. The normalized spacial score (nSPS) is 10.4. The standard InChI is InChI=1S/C21H16O4/c22-19-11-10-17(13-18(19)21(24)25)20(23)12-14-6-8-16(9-7-14)15-4-2-1-3-5-15/h1-11,13,22H,12H2,(H,24,25). The molecule has 0 aliphatic rings. The first-order valence-corrected chi connectivity index (χ1v) is 7.78. The van der Waals surface area contributed by atoms with Crippen LogP contribution in [0.3, 0.4) is 0 Å². The highest BCUT2D eigenvalue weighted by atomic mass is 16.4. The SMILES string of the molecule is O=C(Cc1ccc(-c2ccccc2)cc1)c1ccc(O)c(C(=O)O)c1. The molecule has 4 nitrogen and oxygen atoms in total. The first-order valence-electron chi connectivity index (χ1n) is 7.78. The van der Waals surface area contributed by atoms with Crippen molar-refractivity contribution < 1.29 is 19.8 Å². The van der Waals surface area contributed by atoms with Crippen molar-refractivity contribution in [2.24, 2.45) is 0 Å². The molecular weight excluding hydrogens is 316 g/mol. The van der Waals surface area contributed by atoms with Gasteiger partial charge in [-0.05, 0) is 34.9 Å².